The van der Waals surface area contributed by atoms with Gasteiger partial charge in [-0.25, -0.2) is 0 Å². The number of fused-ring (bicyclic) bond motifs is 1. The first-order valence-electron chi connectivity index (χ1n) is 5.91. The molecule has 2 aliphatic rings. The highest BCUT2D eigenvalue weighted by Gasteiger charge is 2.42. The van der Waals surface area contributed by atoms with Crippen LogP contribution in [-0.4, -0.2) is 35.5 Å². The first-order chi connectivity index (χ1) is 8.36. The van der Waals surface area contributed by atoms with Crippen molar-refractivity contribution >= 4 is 17.7 Å². The van der Waals surface area contributed by atoms with Gasteiger partial charge in [-0.15, -0.1) is 11.8 Å². The highest BCUT2D eigenvalue weighted by molar-refractivity contribution is 8.00. The molecule has 0 spiro atoms. The molecule has 2 aliphatic heterocycles. The standard InChI is InChI=1S/C12H13NOS.CH5N/c14-12-10(9-4-2-1-3-5-9)8-11-13(12)6-7-15-11;1-2/h1-5,10-11H,6-8H2;2H2,1H3. The van der Waals surface area contributed by atoms with Gasteiger partial charge in [-0.2, -0.15) is 0 Å². The van der Waals surface area contributed by atoms with E-state index in [9.17, 15) is 4.79 Å². The summed E-state index contributed by atoms with van der Waals surface area (Å²) < 4.78 is 0. The third-order valence-electron chi connectivity index (χ3n) is 3.21. The van der Waals surface area contributed by atoms with E-state index < -0.39 is 0 Å². The maximum absolute atomic E-state index is 12.1. The minimum atomic E-state index is 0.115. The predicted octanol–water partition coefficient (Wildman–Crippen LogP) is 1.65. The number of hydrogen-bond donors (Lipinski definition) is 1. The lowest BCUT2D eigenvalue weighted by Gasteiger charge is -2.13. The van der Waals surface area contributed by atoms with Crippen molar-refractivity contribution in [1.29, 1.82) is 0 Å². The van der Waals surface area contributed by atoms with Crippen LogP contribution in [0.15, 0.2) is 30.3 Å². The number of amides is 1. The quantitative estimate of drug-likeness (QED) is 0.824. The Kier molecular flexibility index (Phi) is 4.07. The van der Waals surface area contributed by atoms with E-state index in [2.05, 4.69) is 17.9 Å². The second-order valence-corrected chi connectivity index (χ2v) is 5.34. The van der Waals surface area contributed by atoms with Gasteiger partial charge in [0.15, 0.2) is 0 Å². The monoisotopic (exact) mass is 250 g/mol. The summed E-state index contributed by atoms with van der Waals surface area (Å²) in [5.74, 6) is 1.55. The van der Waals surface area contributed by atoms with Crippen LogP contribution in [0.25, 0.3) is 0 Å². The molecule has 0 radical (unpaired) electrons. The summed E-state index contributed by atoms with van der Waals surface area (Å²) in [5.41, 5.74) is 5.68. The molecule has 3 rings (SSSR count). The largest absolute Gasteiger partial charge is 0.333 e. The van der Waals surface area contributed by atoms with E-state index in [-0.39, 0.29) is 5.92 Å². The highest BCUT2D eigenvalue weighted by Crippen LogP contribution is 2.41. The minimum Gasteiger partial charge on any atom is -0.333 e. The SMILES string of the molecule is CN.O=C1C(c2ccccc2)CC2SCCN12. The van der Waals surface area contributed by atoms with Gasteiger partial charge in [-0.3, -0.25) is 4.79 Å². The van der Waals surface area contributed by atoms with Crippen LogP contribution in [0.4, 0.5) is 0 Å². The van der Waals surface area contributed by atoms with Crippen molar-refractivity contribution in [2.45, 2.75) is 17.7 Å². The zero-order chi connectivity index (χ0) is 12.3. The van der Waals surface area contributed by atoms with Crippen LogP contribution in [0, 0.1) is 0 Å². The Labute approximate surface area is 106 Å². The number of hydrogen-bond acceptors (Lipinski definition) is 3. The normalized spacial score (nSPS) is 26.5. The summed E-state index contributed by atoms with van der Waals surface area (Å²) >= 11 is 1.92. The van der Waals surface area contributed by atoms with Gasteiger partial charge >= 0.3 is 0 Å². The molecule has 4 heteroatoms. The maximum Gasteiger partial charge on any atom is 0.231 e. The van der Waals surface area contributed by atoms with Crippen molar-refractivity contribution in [2.75, 3.05) is 19.3 Å². The highest BCUT2D eigenvalue weighted by atomic mass is 32.2. The summed E-state index contributed by atoms with van der Waals surface area (Å²) in [6, 6.07) is 10.2. The topological polar surface area (TPSA) is 46.3 Å². The Morgan fingerprint density at radius 2 is 2.00 bits per heavy atom. The van der Waals surface area contributed by atoms with Crippen LogP contribution in [0.2, 0.25) is 0 Å². The molecule has 3 nitrogen and oxygen atoms in total. The summed E-state index contributed by atoms with van der Waals surface area (Å²) in [7, 11) is 1.50. The summed E-state index contributed by atoms with van der Waals surface area (Å²) in [6.45, 7) is 0.942. The molecule has 2 N–H and O–H groups in total. The molecule has 2 unspecified atom stereocenters. The molecule has 2 heterocycles. The molecule has 17 heavy (non-hydrogen) atoms. The van der Waals surface area contributed by atoms with Crippen molar-refractivity contribution in [1.82, 2.24) is 4.90 Å². The Morgan fingerprint density at radius 1 is 1.29 bits per heavy atom. The van der Waals surface area contributed by atoms with Gasteiger partial charge in [0.1, 0.15) is 0 Å². The van der Waals surface area contributed by atoms with Gasteiger partial charge in [-0.1, -0.05) is 30.3 Å². The van der Waals surface area contributed by atoms with E-state index in [4.69, 9.17) is 0 Å². The van der Waals surface area contributed by atoms with E-state index in [0.29, 0.717) is 11.3 Å². The molecule has 2 fully saturated rings. The molecule has 1 amide bonds. The van der Waals surface area contributed by atoms with Crippen LogP contribution < -0.4 is 5.73 Å². The van der Waals surface area contributed by atoms with Crippen LogP contribution in [0.1, 0.15) is 17.9 Å². The van der Waals surface area contributed by atoms with Crippen molar-refractivity contribution < 1.29 is 4.79 Å². The Bertz CT molecular complexity index is 382. The molecule has 0 aromatic heterocycles. The fraction of sp³-hybridized carbons (Fsp3) is 0.462. The Hall–Kier alpha value is -1.00. The number of carbonyl (C=O) groups excluding carboxylic acids is 1. The van der Waals surface area contributed by atoms with Crippen molar-refractivity contribution in [2.24, 2.45) is 5.73 Å². The zero-order valence-electron chi connectivity index (χ0n) is 10.0. The first-order valence-corrected chi connectivity index (χ1v) is 6.96. The van der Waals surface area contributed by atoms with Crippen LogP contribution in [0.5, 0.6) is 0 Å². The van der Waals surface area contributed by atoms with Gasteiger partial charge < -0.3 is 10.6 Å². The molecule has 0 bridgehead atoms. The first kappa shape index (κ1) is 12.5. The molecule has 1 aromatic rings. The average molecular weight is 250 g/mol. The number of carbonyl (C=O) groups is 1. The van der Waals surface area contributed by atoms with Crippen molar-refractivity contribution in [3.8, 4) is 0 Å². The minimum absolute atomic E-state index is 0.115. The molecule has 92 valence electrons. The second kappa shape index (κ2) is 5.56. The predicted molar refractivity (Wildman–Crippen MR) is 71.9 cm³/mol. The maximum atomic E-state index is 12.1. The van der Waals surface area contributed by atoms with E-state index >= 15 is 0 Å². The lowest BCUT2D eigenvalue weighted by atomic mass is 9.98. The molecular formula is C13H18N2OS. The molecule has 2 atom stereocenters. The summed E-state index contributed by atoms with van der Waals surface area (Å²) in [4.78, 5) is 14.1. The number of nitrogens with zero attached hydrogens (tertiary/aromatic N) is 1. The third-order valence-corrected chi connectivity index (χ3v) is 4.46. The second-order valence-electron chi connectivity index (χ2n) is 4.06. The summed E-state index contributed by atoms with van der Waals surface area (Å²) in [5, 5.41) is 0.447. The van der Waals surface area contributed by atoms with E-state index in [0.717, 1.165) is 18.7 Å². The Balaban J connectivity index is 0.000000514. The van der Waals surface area contributed by atoms with Crippen LogP contribution in [-0.2, 0) is 4.79 Å². The smallest absolute Gasteiger partial charge is 0.231 e. The number of benzene rings is 1. The number of nitrogens with two attached hydrogens (primary N) is 1. The van der Waals surface area contributed by atoms with Gasteiger partial charge in [0.05, 0.1) is 11.3 Å². The lowest BCUT2D eigenvalue weighted by molar-refractivity contribution is -0.128. The summed E-state index contributed by atoms with van der Waals surface area (Å²) in [6.07, 6.45) is 0.994. The van der Waals surface area contributed by atoms with Crippen LogP contribution in [0.3, 0.4) is 0 Å². The Morgan fingerprint density at radius 3 is 2.65 bits per heavy atom. The average Bonchev–Trinajstić information content (AvgIpc) is 2.97. The van der Waals surface area contributed by atoms with Gasteiger partial charge in [0.2, 0.25) is 5.91 Å². The molecule has 2 saturated heterocycles. The number of thioether (sulfide) groups is 1. The van der Waals surface area contributed by atoms with Gasteiger partial charge in [-0.05, 0) is 19.0 Å². The zero-order valence-corrected chi connectivity index (χ0v) is 10.8. The molecule has 0 saturated carbocycles. The lowest BCUT2D eigenvalue weighted by Crippen LogP contribution is -2.28. The van der Waals surface area contributed by atoms with E-state index in [1.54, 1.807) is 0 Å². The van der Waals surface area contributed by atoms with E-state index in [1.807, 2.05) is 34.9 Å². The van der Waals surface area contributed by atoms with Crippen molar-refractivity contribution in [3.63, 3.8) is 0 Å². The fourth-order valence-electron chi connectivity index (χ4n) is 2.44. The fourth-order valence-corrected chi connectivity index (χ4v) is 3.73. The number of rotatable bonds is 1. The third kappa shape index (κ3) is 2.33. The van der Waals surface area contributed by atoms with Crippen LogP contribution >= 0.6 is 11.8 Å². The van der Waals surface area contributed by atoms with Crippen molar-refractivity contribution in [3.05, 3.63) is 35.9 Å². The van der Waals surface area contributed by atoms with Gasteiger partial charge in [0, 0.05) is 12.3 Å². The molecule has 0 aliphatic carbocycles. The molecular weight excluding hydrogens is 232 g/mol. The van der Waals surface area contributed by atoms with Gasteiger partial charge in [0.25, 0.3) is 0 Å². The van der Waals surface area contributed by atoms with E-state index in [1.165, 1.54) is 12.6 Å². The molecule has 1 aromatic carbocycles.